The Morgan fingerprint density at radius 2 is 2.13 bits per heavy atom. The molecule has 0 saturated carbocycles. The molecule has 0 bridgehead atoms. The number of rotatable bonds is 3. The highest BCUT2D eigenvalue weighted by Crippen LogP contribution is 2.24. The van der Waals surface area contributed by atoms with E-state index in [1.807, 2.05) is 27.7 Å². The van der Waals surface area contributed by atoms with Gasteiger partial charge in [0.2, 0.25) is 5.88 Å². The number of hydrogen-bond acceptors (Lipinski definition) is 4. The van der Waals surface area contributed by atoms with Crippen LogP contribution in [0.5, 0.6) is 5.88 Å². The lowest BCUT2D eigenvalue weighted by Gasteiger charge is -2.38. The number of piperidine rings is 1. The highest BCUT2D eigenvalue weighted by Gasteiger charge is 2.32. The minimum absolute atomic E-state index is 0.157. The van der Waals surface area contributed by atoms with Crippen molar-refractivity contribution in [3.05, 3.63) is 24.1 Å². The van der Waals surface area contributed by atoms with Gasteiger partial charge in [0, 0.05) is 24.6 Å². The molecule has 0 aromatic carbocycles. The molecule has 0 aliphatic carbocycles. The van der Waals surface area contributed by atoms with E-state index >= 15 is 0 Å². The van der Waals surface area contributed by atoms with E-state index in [9.17, 15) is 9.18 Å². The smallest absolute Gasteiger partial charge is 0.410 e. The number of halogens is 1. The van der Waals surface area contributed by atoms with Crippen molar-refractivity contribution < 1.29 is 18.7 Å². The highest BCUT2D eigenvalue weighted by atomic mass is 19.1. The van der Waals surface area contributed by atoms with Crippen molar-refractivity contribution in [3.8, 4) is 5.88 Å². The van der Waals surface area contributed by atoms with Crippen molar-refractivity contribution in [3.63, 3.8) is 0 Å². The lowest BCUT2D eigenvalue weighted by atomic mass is 9.94. The Labute approximate surface area is 136 Å². The van der Waals surface area contributed by atoms with Crippen LogP contribution < -0.4 is 4.74 Å². The summed E-state index contributed by atoms with van der Waals surface area (Å²) in [6.07, 6.45) is 2.73. The molecule has 128 valence electrons. The summed E-state index contributed by atoms with van der Waals surface area (Å²) >= 11 is 0. The summed E-state index contributed by atoms with van der Waals surface area (Å²) in [7, 11) is 0. The van der Waals surface area contributed by atoms with Crippen molar-refractivity contribution in [1.29, 1.82) is 0 Å². The van der Waals surface area contributed by atoms with E-state index in [2.05, 4.69) is 4.98 Å². The molecule has 5 nitrogen and oxygen atoms in total. The third kappa shape index (κ3) is 5.37. The van der Waals surface area contributed by atoms with Crippen LogP contribution in [0, 0.1) is 11.7 Å². The van der Waals surface area contributed by atoms with E-state index in [0.717, 1.165) is 19.0 Å². The predicted molar refractivity (Wildman–Crippen MR) is 84.8 cm³/mol. The lowest BCUT2D eigenvalue weighted by molar-refractivity contribution is 0.00194. The predicted octanol–water partition coefficient (Wildman–Crippen LogP) is 3.64. The van der Waals surface area contributed by atoms with Gasteiger partial charge in [0.15, 0.2) is 0 Å². The first-order valence-electron chi connectivity index (χ1n) is 7.98. The van der Waals surface area contributed by atoms with Crippen molar-refractivity contribution in [2.24, 2.45) is 5.92 Å². The molecule has 2 rings (SSSR count). The Morgan fingerprint density at radius 3 is 2.74 bits per heavy atom. The van der Waals surface area contributed by atoms with Crippen LogP contribution in [-0.4, -0.2) is 40.8 Å². The maximum Gasteiger partial charge on any atom is 0.410 e. The molecule has 1 fully saturated rings. The molecule has 2 atom stereocenters. The average Bonchev–Trinajstić information content (AvgIpc) is 2.46. The third-order valence-corrected chi connectivity index (χ3v) is 3.77. The van der Waals surface area contributed by atoms with E-state index in [0.29, 0.717) is 19.0 Å². The Hall–Kier alpha value is -1.85. The SMILES string of the molecule is C[C@@H]1CC[C@@H](COc2ccc(F)cn2)CN1C(=O)OC(C)(C)C. The molecule has 0 spiro atoms. The zero-order valence-corrected chi connectivity index (χ0v) is 14.2. The number of ether oxygens (including phenoxy) is 2. The topological polar surface area (TPSA) is 51.7 Å². The molecular weight excluding hydrogens is 299 g/mol. The summed E-state index contributed by atoms with van der Waals surface area (Å²) in [5.74, 6) is 0.222. The molecule has 1 aliphatic heterocycles. The van der Waals surface area contributed by atoms with Crippen molar-refractivity contribution in [2.45, 2.75) is 52.2 Å². The van der Waals surface area contributed by atoms with E-state index in [-0.39, 0.29) is 23.9 Å². The van der Waals surface area contributed by atoms with Crippen molar-refractivity contribution in [1.82, 2.24) is 9.88 Å². The van der Waals surface area contributed by atoms with Gasteiger partial charge >= 0.3 is 6.09 Å². The van der Waals surface area contributed by atoms with E-state index in [1.54, 1.807) is 4.90 Å². The number of amides is 1. The lowest BCUT2D eigenvalue weighted by Crippen LogP contribution is -2.48. The average molecular weight is 324 g/mol. The summed E-state index contributed by atoms with van der Waals surface area (Å²) in [4.78, 5) is 17.9. The Kier molecular flexibility index (Phi) is 5.44. The number of aromatic nitrogens is 1. The minimum Gasteiger partial charge on any atom is -0.477 e. The van der Waals surface area contributed by atoms with Crippen LogP contribution in [0.3, 0.4) is 0 Å². The Morgan fingerprint density at radius 1 is 1.39 bits per heavy atom. The first-order valence-corrected chi connectivity index (χ1v) is 7.98. The molecule has 1 saturated heterocycles. The molecule has 1 amide bonds. The second-order valence-corrected chi connectivity index (χ2v) is 7.05. The summed E-state index contributed by atoms with van der Waals surface area (Å²) in [6, 6.07) is 2.98. The second-order valence-electron chi connectivity index (χ2n) is 7.05. The number of likely N-dealkylation sites (tertiary alicyclic amines) is 1. The Bertz CT molecular complexity index is 528. The summed E-state index contributed by atoms with van der Waals surface area (Å²) in [6.45, 7) is 8.66. The molecule has 1 aromatic heterocycles. The van der Waals surface area contributed by atoms with E-state index in [1.165, 1.54) is 12.1 Å². The maximum absolute atomic E-state index is 12.8. The molecular formula is C17H25FN2O3. The molecule has 0 N–H and O–H groups in total. The van der Waals surface area contributed by atoms with Gasteiger partial charge in [0.05, 0.1) is 12.8 Å². The zero-order valence-electron chi connectivity index (χ0n) is 14.2. The molecule has 6 heteroatoms. The monoisotopic (exact) mass is 324 g/mol. The van der Waals surface area contributed by atoms with Crippen LogP contribution in [0.15, 0.2) is 18.3 Å². The molecule has 1 aromatic rings. The van der Waals surface area contributed by atoms with Crippen LogP contribution >= 0.6 is 0 Å². The Balaban J connectivity index is 1.89. The van der Waals surface area contributed by atoms with Gasteiger partial charge in [-0.05, 0) is 46.6 Å². The molecule has 2 heterocycles. The van der Waals surface area contributed by atoms with Crippen LogP contribution in [0.25, 0.3) is 0 Å². The maximum atomic E-state index is 12.8. The van der Waals surface area contributed by atoms with Crippen molar-refractivity contribution in [2.75, 3.05) is 13.2 Å². The van der Waals surface area contributed by atoms with Gasteiger partial charge in [0.25, 0.3) is 0 Å². The van der Waals surface area contributed by atoms with Crippen LogP contribution in [0.1, 0.15) is 40.5 Å². The number of hydrogen-bond donors (Lipinski definition) is 0. The number of nitrogens with zero attached hydrogens (tertiary/aromatic N) is 2. The highest BCUT2D eigenvalue weighted by molar-refractivity contribution is 5.68. The van der Waals surface area contributed by atoms with Gasteiger partial charge in [-0.25, -0.2) is 14.2 Å². The molecule has 23 heavy (non-hydrogen) atoms. The second kappa shape index (κ2) is 7.15. The molecule has 0 radical (unpaired) electrons. The number of carbonyl (C=O) groups is 1. The van der Waals surface area contributed by atoms with E-state index < -0.39 is 5.60 Å². The molecule has 1 aliphatic rings. The van der Waals surface area contributed by atoms with E-state index in [4.69, 9.17) is 9.47 Å². The van der Waals surface area contributed by atoms with Gasteiger partial charge in [-0.1, -0.05) is 0 Å². The minimum atomic E-state index is -0.502. The fourth-order valence-corrected chi connectivity index (χ4v) is 2.54. The quantitative estimate of drug-likeness (QED) is 0.852. The van der Waals surface area contributed by atoms with Gasteiger partial charge in [-0.3, -0.25) is 0 Å². The normalized spacial score (nSPS) is 21.9. The van der Waals surface area contributed by atoms with Gasteiger partial charge in [-0.2, -0.15) is 0 Å². The van der Waals surface area contributed by atoms with Crippen molar-refractivity contribution >= 4 is 6.09 Å². The van der Waals surface area contributed by atoms with Crippen LogP contribution in [-0.2, 0) is 4.74 Å². The first kappa shape index (κ1) is 17.5. The van der Waals surface area contributed by atoms with Gasteiger partial charge in [0.1, 0.15) is 11.4 Å². The zero-order chi connectivity index (χ0) is 17.0. The fourth-order valence-electron chi connectivity index (χ4n) is 2.54. The standard InChI is InChI=1S/C17H25FN2O3/c1-12-5-6-13(10-20(12)16(21)23-17(2,3)4)11-22-15-8-7-14(18)9-19-15/h7-9,12-13H,5-6,10-11H2,1-4H3/t12-,13-/m1/s1. The summed E-state index contributed by atoms with van der Waals surface area (Å²) in [5, 5.41) is 0. The summed E-state index contributed by atoms with van der Waals surface area (Å²) in [5.41, 5.74) is -0.502. The fraction of sp³-hybridized carbons (Fsp3) is 0.647. The first-order chi connectivity index (χ1) is 10.7. The third-order valence-electron chi connectivity index (χ3n) is 3.77. The molecule has 0 unspecified atom stereocenters. The van der Waals surface area contributed by atoms with Crippen LogP contribution in [0.4, 0.5) is 9.18 Å². The van der Waals surface area contributed by atoms with Crippen LogP contribution in [0.2, 0.25) is 0 Å². The van der Waals surface area contributed by atoms with Gasteiger partial charge < -0.3 is 14.4 Å². The largest absolute Gasteiger partial charge is 0.477 e. The number of pyridine rings is 1. The van der Waals surface area contributed by atoms with Gasteiger partial charge in [-0.15, -0.1) is 0 Å². The summed E-state index contributed by atoms with van der Waals surface area (Å²) < 4.78 is 23.9. The number of carbonyl (C=O) groups excluding carboxylic acids is 1.